The first kappa shape index (κ1) is 14.1. The molecule has 0 radical (unpaired) electrons. The molecule has 0 atom stereocenters. The third kappa shape index (κ3) is 4.67. The monoisotopic (exact) mass is 260 g/mol. The van der Waals surface area contributed by atoms with E-state index in [-0.39, 0.29) is 5.91 Å². The van der Waals surface area contributed by atoms with E-state index >= 15 is 0 Å². The molecule has 0 spiro atoms. The second-order valence-corrected chi connectivity index (χ2v) is 5.76. The minimum Gasteiger partial charge on any atom is -0.325 e. The number of carbonyl (C=O) groups excluding carboxylic acids is 1. The zero-order valence-corrected chi connectivity index (χ0v) is 11.9. The van der Waals surface area contributed by atoms with Gasteiger partial charge in [0.2, 0.25) is 5.91 Å². The van der Waals surface area contributed by atoms with Crippen LogP contribution in [0.25, 0.3) is 0 Å². The van der Waals surface area contributed by atoms with E-state index in [1.165, 1.54) is 25.7 Å². The van der Waals surface area contributed by atoms with Crippen molar-refractivity contribution in [2.45, 2.75) is 45.6 Å². The van der Waals surface area contributed by atoms with Crippen LogP contribution in [0, 0.1) is 12.8 Å². The molecular formula is C16H24N2O. The van der Waals surface area contributed by atoms with E-state index in [1.54, 1.807) is 0 Å². The van der Waals surface area contributed by atoms with Crippen molar-refractivity contribution in [1.29, 1.82) is 0 Å². The van der Waals surface area contributed by atoms with Crippen LogP contribution in [-0.2, 0) is 4.79 Å². The zero-order valence-electron chi connectivity index (χ0n) is 11.9. The number of carbonyl (C=O) groups is 1. The molecule has 0 saturated heterocycles. The minimum atomic E-state index is 0.0456. The highest BCUT2D eigenvalue weighted by Gasteiger charge is 2.18. The first-order valence-electron chi connectivity index (χ1n) is 7.23. The molecule has 0 heterocycles. The van der Waals surface area contributed by atoms with Crippen LogP contribution in [0.1, 0.15) is 38.2 Å². The molecule has 3 nitrogen and oxygen atoms in total. The molecule has 2 N–H and O–H groups in total. The fraction of sp³-hybridized carbons (Fsp3) is 0.562. The highest BCUT2D eigenvalue weighted by Crippen LogP contribution is 2.23. The number of amides is 1. The van der Waals surface area contributed by atoms with Gasteiger partial charge in [-0.15, -0.1) is 0 Å². The fourth-order valence-electron chi connectivity index (χ4n) is 2.63. The molecular weight excluding hydrogens is 236 g/mol. The van der Waals surface area contributed by atoms with Crippen LogP contribution in [-0.4, -0.2) is 18.5 Å². The third-order valence-electron chi connectivity index (χ3n) is 3.87. The zero-order chi connectivity index (χ0) is 13.7. The topological polar surface area (TPSA) is 41.1 Å². The third-order valence-corrected chi connectivity index (χ3v) is 3.87. The average Bonchev–Trinajstić information content (AvgIpc) is 2.38. The SMILES string of the molecule is Cc1cccc(NC(=O)CNC2CCC(C)CC2)c1. The van der Waals surface area contributed by atoms with Gasteiger partial charge >= 0.3 is 0 Å². The maximum Gasteiger partial charge on any atom is 0.238 e. The summed E-state index contributed by atoms with van der Waals surface area (Å²) in [6.45, 7) is 4.74. The van der Waals surface area contributed by atoms with Gasteiger partial charge in [-0.25, -0.2) is 0 Å². The van der Waals surface area contributed by atoms with Crippen LogP contribution < -0.4 is 10.6 Å². The highest BCUT2D eigenvalue weighted by atomic mass is 16.1. The summed E-state index contributed by atoms with van der Waals surface area (Å²) in [7, 11) is 0. The van der Waals surface area contributed by atoms with E-state index in [0.29, 0.717) is 12.6 Å². The van der Waals surface area contributed by atoms with Gasteiger partial charge in [-0.1, -0.05) is 19.1 Å². The molecule has 1 aliphatic rings. The normalized spacial score (nSPS) is 23.1. The fourth-order valence-corrected chi connectivity index (χ4v) is 2.63. The standard InChI is InChI=1S/C16H24N2O/c1-12-6-8-14(9-7-12)17-11-16(19)18-15-5-3-4-13(2)10-15/h3-5,10,12,14,17H,6-9,11H2,1-2H3,(H,18,19). The van der Waals surface area contributed by atoms with Crippen molar-refractivity contribution in [2.24, 2.45) is 5.92 Å². The molecule has 104 valence electrons. The number of hydrogen-bond acceptors (Lipinski definition) is 2. The Labute approximate surface area is 115 Å². The molecule has 1 aromatic carbocycles. The molecule has 3 heteroatoms. The quantitative estimate of drug-likeness (QED) is 0.873. The Morgan fingerprint density at radius 2 is 2.00 bits per heavy atom. The number of aryl methyl sites for hydroxylation is 1. The summed E-state index contributed by atoms with van der Waals surface area (Å²) in [5.74, 6) is 0.892. The van der Waals surface area contributed by atoms with Gasteiger partial charge in [0, 0.05) is 11.7 Å². The van der Waals surface area contributed by atoms with E-state index in [4.69, 9.17) is 0 Å². The Bertz CT molecular complexity index is 423. The van der Waals surface area contributed by atoms with E-state index in [9.17, 15) is 4.79 Å². The molecule has 0 bridgehead atoms. The number of anilines is 1. The molecule has 19 heavy (non-hydrogen) atoms. The summed E-state index contributed by atoms with van der Waals surface area (Å²) in [6.07, 6.45) is 4.94. The average molecular weight is 260 g/mol. The highest BCUT2D eigenvalue weighted by molar-refractivity contribution is 5.92. The summed E-state index contributed by atoms with van der Waals surface area (Å²) >= 11 is 0. The first-order chi connectivity index (χ1) is 9.13. The number of rotatable bonds is 4. The Morgan fingerprint density at radius 1 is 1.26 bits per heavy atom. The summed E-state index contributed by atoms with van der Waals surface area (Å²) in [6, 6.07) is 8.41. The minimum absolute atomic E-state index is 0.0456. The molecule has 1 saturated carbocycles. The van der Waals surface area contributed by atoms with Crippen LogP contribution in [0.5, 0.6) is 0 Å². The van der Waals surface area contributed by atoms with Crippen LogP contribution in [0.2, 0.25) is 0 Å². The van der Waals surface area contributed by atoms with Crippen molar-refractivity contribution in [2.75, 3.05) is 11.9 Å². The molecule has 0 aromatic heterocycles. The van der Waals surface area contributed by atoms with Gasteiger partial charge in [0.25, 0.3) is 0 Å². The van der Waals surface area contributed by atoms with E-state index in [2.05, 4.69) is 17.6 Å². The second-order valence-electron chi connectivity index (χ2n) is 5.76. The number of hydrogen-bond donors (Lipinski definition) is 2. The molecule has 0 aliphatic heterocycles. The summed E-state index contributed by atoms with van der Waals surface area (Å²) in [5.41, 5.74) is 2.04. The van der Waals surface area contributed by atoms with Gasteiger partial charge in [-0.3, -0.25) is 4.79 Å². The Morgan fingerprint density at radius 3 is 2.68 bits per heavy atom. The van der Waals surface area contributed by atoms with Crippen molar-refractivity contribution in [1.82, 2.24) is 5.32 Å². The van der Waals surface area contributed by atoms with Crippen molar-refractivity contribution in [3.8, 4) is 0 Å². The Hall–Kier alpha value is -1.35. The predicted molar refractivity (Wildman–Crippen MR) is 79.2 cm³/mol. The smallest absolute Gasteiger partial charge is 0.238 e. The van der Waals surface area contributed by atoms with Crippen molar-refractivity contribution >= 4 is 11.6 Å². The molecule has 2 rings (SSSR count). The predicted octanol–water partition coefficient (Wildman–Crippen LogP) is 3.10. The van der Waals surface area contributed by atoms with E-state index < -0.39 is 0 Å². The van der Waals surface area contributed by atoms with E-state index in [0.717, 1.165) is 17.2 Å². The molecule has 1 aliphatic carbocycles. The van der Waals surface area contributed by atoms with Gasteiger partial charge in [-0.2, -0.15) is 0 Å². The van der Waals surface area contributed by atoms with Crippen molar-refractivity contribution in [3.63, 3.8) is 0 Å². The van der Waals surface area contributed by atoms with Gasteiger partial charge in [0.1, 0.15) is 0 Å². The van der Waals surface area contributed by atoms with Crippen LogP contribution >= 0.6 is 0 Å². The summed E-state index contributed by atoms with van der Waals surface area (Å²) in [5, 5.41) is 6.29. The maximum absolute atomic E-state index is 11.9. The molecule has 1 amide bonds. The Balaban J connectivity index is 1.73. The van der Waals surface area contributed by atoms with Crippen molar-refractivity contribution < 1.29 is 4.79 Å². The lowest BCUT2D eigenvalue weighted by atomic mass is 9.87. The lowest BCUT2D eigenvalue weighted by molar-refractivity contribution is -0.115. The van der Waals surface area contributed by atoms with Crippen LogP contribution in [0.15, 0.2) is 24.3 Å². The number of benzene rings is 1. The van der Waals surface area contributed by atoms with Gasteiger partial charge in [0.15, 0.2) is 0 Å². The maximum atomic E-state index is 11.9. The molecule has 0 unspecified atom stereocenters. The Kier molecular flexibility index (Phi) is 4.97. The molecule has 1 aromatic rings. The first-order valence-corrected chi connectivity index (χ1v) is 7.23. The summed E-state index contributed by atoms with van der Waals surface area (Å²) < 4.78 is 0. The number of nitrogens with one attached hydrogen (secondary N) is 2. The molecule has 1 fully saturated rings. The van der Waals surface area contributed by atoms with Crippen LogP contribution in [0.3, 0.4) is 0 Å². The lowest BCUT2D eigenvalue weighted by Crippen LogP contribution is -2.38. The van der Waals surface area contributed by atoms with Crippen LogP contribution in [0.4, 0.5) is 5.69 Å². The second kappa shape index (κ2) is 6.71. The van der Waals surface area contributed by atoms with Crippen molar-refractivity contribution in [3.05, 3.63) is 29.8 Å². The van der Waals surface area contributed by atoms with Gasteiger partial charge in [-0.05, 0) is 56.2 Å². The lowest BCUT2D eigenvalue weighted by Gasteiger charge is -2.26. The van der Waals surface area contributed by atoms with Gasteiger partial charge < -0.3 is 10.6 Å². The summed E-state index contributed by atoms with van der Waals surface area (Å²) in [4.78, 5) is 11.9. The largest absolute Gasteiger partial charge is 0.325 e. The van der Waals surface area contributed by atoms with Gasteiger partial charge in [0.05, 0.1) is 6.54 Å². The van der Waals surface area contributed by atoms with E-state index in [1.807, 2.05) is 31.2 Å².